The predicted octanol–water partition coefficient (Wildman–Crippen LogP) is 2.48. The van der Waals surface area contributed by atoms with E-state index >= 15 is 0 Å². The van der Waals surface area contributed by atoms with Crippen LogP contribution in [0, 0.1) is 24.2 Å². The fraction of sp³-hybridized carbons (Fsp3) is 0.545. The number of aromatic nitrogens is 2. The third-order valence-electron chi connectivity index (χ3n) is 2.63. The summed E-state index contributed by atoms with van der Waals surface area (Å²) in [7, 11) is 0. The normalized spacial score (nSPS) is 17.1. The van der Waals surface area contributed by atoms with Gasteiger partial charge in [0.2, 0.25) is 0 Å². The van der Waals surface area contributed by atoms with Gasteiger partial charge in [-0.25, -0.2) is 0 Å². The van der Waals surface area contributed by atoms with Gasteiger partial charge in [-0.1, -0.05) is 12.1 Å². The lowest BCUT2D eigenvalue weighted by molar-refractivity contribution is 0.403. The molecular weight excluding hydrogens is 190 g/mol. The summed E-state index contributed by atoms with van der Waals surface area (Å²) in [6.07, 6.45) is 3.25. The first-order valence-electron chi connectivity index (χ1n) is 5.20. The predicted molar refractivity (Wildman–Crippen MR) is 54.6 cm³/mol. The standard InChI is InChI=1S/C11H13N3O/c1-3-9(8-4-5-8)10(6-12)11-13-7(2)14-15-11/h8H,3-5H2,1-2H3. The van der Waals surface area contributed by atoms with E-state index in [1.54, 1.807) is 6.92 Å². The lowest BCUT2D eigenvalue weighted by Gasteiger charge is -2.02. The highest BCUT2D eigenvalue weighted by Gasteiger charge is 2.29. The molecule has 0 saturated heterocycles. The monoisotopic (exact) mass is 203 g/mol. The summed E-state index contributed by atoms with van der Waals surface area (Å²) in [5.74, 6) is 1.51. The van der Waals surface area contributed by atoms with E-state index in [0.717, 1.165) is 6.42 Å². The van der Waals surface area contributed by atoms with E-state index in [9.17, 15) is 0 Å². The fourth-order valence-electron chi connectivity index (χ4n) is 1.76. The van der Waals surface area contributed by atoms with Gasteiger partial charge in [0.25, 0.3) is 5.89 Å². The largest absolute Gasteiger partial charge is 0.333 e. The highest BCUT2D eigenvalue weighted by Crippen LogP contribution is 2.41. The molecule has 2 rings (SSSR count). The smallest absolute Gasteiger partial charge is 0.268 e. The van der Waals surface area contributed by atoms with Crippen LogP contribution in [0.2, 0.25) is 0 Å². The summed E-state index contributed by atoms with van der Waals surface area (Å²) in [6, 6.07) is 2.19. The molecule has 1 heterocycles. The van der Waals surface area contributed by atoms with E-state index in [1.807, 2.05) is 0 Å². The van der Waals surface area contributed by atoms with Gasteiger partial charge in [0.1, 0.15) is 11.6 Å². The molecule has 1 aliphatic carbocycles. The van der Waals surface area contributed by atoms with Gasteiger partial charge < -0.3 is 4.52 Å². The van der Waals surface area contributed by atoms with Crippen molar-refractivity contribution in [2.24, 2.45) is 5.92 Å². The Labute approximate surface area is 88.6 Å². The zero-order chi connectivity index (χ0) is 10.8. The number of nitrogens with zero attached hydrogens (tertiary/aromatic N) is 3. The first kappa shape index (κ1) is 9.91. The van der Waals surface area contributed by atoms with E-state index in [1.165, 1.54) is 18.4 Å². The van der Waals surface area contributed by atoms with E-state index < -0.39 is 0 Å². The molecule has 0 radical (unpaired) electrons. The van der Waals surface area contributed by atoms with Crippen molar-refractivity contribution in [2.75, 3.05) is 0 Å². The maximum absolute atomic E-state index is 9.13. The number of hydrogen-bond donors (Lipinski definition) is 0. The molecule has 0 aliphatic heterocycles. The Morgan fingerprint density at radius 1 is 1.60 bits per heavy atom. The number of aryl methyl sites for hydroxylation is 1. The molecule has 0 amide bonds. The Balaban J connectivity index is 2.41. The highest BCUT2D eigenvalue weighted by molar-refractivity contribution is 5.75. The minimum Gasteiger partial charge on any atom is -0.333 e. The second-order valence-corrected chi connectivity index (χ2v) is 3.79. The van der Waals surface area contributed by atoms with Crippen molar-refractivity contribution in [3.63, 3.8) is 0 Å². The molecule has 1 fully saturated rings. The maximum Gasteiger partial charge on any atom is 0.268 e. The molecule has 0 aromatic carbocycles. The molecule has 4 heteroatoms. The summed E-state index contributed by atoms with van der Waals surface area (Å²) < 4.78 is 5.04. The van der Waals surface area contributed by atoms with E-state index in [4.69, 9.17) is 9.78 Å². The average molecular weight is 203 g/mol. The van der Waals surface area contributed by atoms with E-state index in [0.29, 0.717) is 23.2 Å². The van der Waals surface area contributed by atoms with Gasteiger partial charge >= 0.3 is 0 Å². The van der Waals surface area contributed by atoms with Crippen LogP contribution in [-0.2, 0) is 0 Å². The highest BCUT2D eigenvalue weighted by atomic mass is 16.5. The molecule has 0 bridgehead atoms. The van der Waals surface area contributed by atoms with E-state index in [2.05, 4.69) is 23.1 Å². The Hall–Kier alpha value is -1.63. The SMILES string of the molecule is CCC(=C(C#N)c1nc(C)no1)C1CC1. The summed E-state index contributed by atoms with van der Waals surface area (Å²) in [5, 5.41) is 12.8. The lowest BCUT2D eigenvalue weighted by atomic mass is 10.0. The van der Waals surface area contributed by atoms with Crippen LogP contribution in [0.4, 0.5) is 0 Å². The molecule has 4 nitrogen and oxygen atoms in total. The van der Waals surface area contributed by atoms with Crippen LogP contribution in [0.3, 0.4) is 0 Å². The van der Waals surface area contributed by atoms with Crippen molar-refractivity contribution < 1.29 is 4.52 Å². The molecule has 1 aromatic rings. The van der Waals surface area contributed by atoms with Gasteiger partial charge in [0, 0.05) is 0 Å². The van der Waals surface area contributed by atoms with Crippen LogP contribution in [-0.4, -0.2) is 10.1 Å². The summed E-state index contributed by atoms with van der Waals surface area (Å²) in [6.45, 7) is 3.82. The lowest BCUT2D eigenvalue weighted by Crippen LogP contribution is -1.92. The fourth-order valence-corrected chi connectivity index (χ4v) is 1.76. The average Bonchev–Trinajstić information content (AvgIpc) is 2.98. The molecule has 0 spiro atoms. The van der Waals surface area contributed by atoms with Crippen molar-refractivity contribution in [1.29, 1.82) is 5.26 Å². The first-order chi connectivity index (χ1) is 7.26. The topological polar surface area (TPSA) is 62.7 Å². The molecule has 0 N–H and O–H groups in total. The quantitative estimate of drug-likeness (QED) is 0.708. The first-order valence-corrected chi connectivity index (χ1v) is 5.20. The van der Waals surface area contributed by atoms with Crippen LogP contribution >= 0.6 is 0 Å². The Bertz CT molecular complexity index is 435. The number of nitriles is 1. The molecule has 1 aromatic heterocycles. The van der Waals surface area contributed by atoms with Gasteiger partial charge in [0.15, 0.2) is 5.82 Å². The van der Waals surface area contributed by atoms with Gasteiger partial charge in [0.05, 0.1) is 0 Å². The number of rotatable bonds is 3. The Morgan fingerprint density at radius 2 is 2.33 bits per heavy atom. The Kier molecular flexibility index (Phi) is 2.55. The number of allylic oxidation sites excluding steroid dienone is 2. The molecular formula is C11H13N3O. The van der Waals surface area contributed by atoms with Crippen LogP contribution in [0.1, 0.15) is 37.9 Å². The van der Waals surface area contributed by atoms with Crippen LogP contribution in [0.25, 0.3) is 5.57 Å². The third-order valence-corrected chi connectivity index (χ3v) is 2.63. The summed E-state index contributed by atoms with van der Waals surface area (Å²) in [5.41, 5.74) is 1.75. The minimum atomic E-state index is 0.374. The molecule has 78 valence electrons. The molecule has 1 saturated carbocycles. The van der Waals surface area contributed by atoms with Crippen LogP contribution in [0.15, 0.2) is 10.1 Å². The van der Waals surface area contributed by atoms with Crippen molar-refractivity contribution in [3.8, 4) is 6.07 Å². The maximum atomic E-state index is 9.13. The van der Waals surface area contributed by atoms with Crippen LogP contribution in [0.5, 0.6) is 0 Å². The second-order valence-electron chi connectivity index (χ2n) is 3.79. The van der Waals surface area contributed by atoms with Gasteiger partial charge in [-0.3, -0.25) is 0 Å². The van der Waals surface area contributed by atoms with Gasteiger partial charge in [-0.15, -0.1) is 0 Å². The Morgan fingerprint density at radius 3 is 2.73 bits per heavy atom. The number of hydrogen-bond acceptors (Lipinski definition) is 4. The second kappa shape index (κ2) is 3.85. The molecule has 1 aliphatic rings. The van der Waals surface area contributed by atoms with E-state index in [-0.39, 0.29) is 0 Å². The zero-order valence-corrected chi connectivity index (χ0v) is 8.95. The van der Waals surface area contributed by atoms with Crippen molar-refractivity contribution in [1.82, 2.24) is 10.1 Å². The molecule has 0 atom stereocenters. The molecule has 15 heavy (non-hydrogen) atoms. The van der Waals surface area contributed by atoms with Crippen molar-refractivity contribution >= 4 is 5.57 Å². The summed E-state index contributed by atoms with van der Waals surface area (Å²) in [4.78, 5) is 4.10. The molecule has 0 unspecified atom stereocenters. The van der Waals surface area contributed by atoms with Gasteiger partial charge in [-0.05, 0) is 37.7 Å². The van der Waals surface area contributed by atoms with Crippen molar-refractivity contribution in [3.05, 3.63) is 17.3 Å². The third kappa shape index (κ3) is 1.91. The van der Waals surface area contributed by atoms with Gasteiger partial charge in [-0.2, -0.15) is 10.2 Å². The zero-order valence-electron chi connectivity index (χ0n) is 8.95. The van der Waals surface area contributed by atoms with Crippen LogP contribution < -0.4 is 0 Å². The van der Waals surface area contributed by atoms with Crippen molar-refractivity contribution in [2.45, 2.75) is 33.1 Å². The minimum absolute atomic E-state index is 0.374. The summed E-state index contributed by atoms with van der Waals surface area (Å²) >= 11 is 0.